The van der Waals surface area contributed by atoms with Crippen LogP contribution < -0.4 is 0 Å². The van der Waals surface area contributed by atoms with Crippen molar-refractivity contribution < 1.29 is 9.53 Å². The first-order valence-electron chi connectivity index (χ1n) is 6.57. The molecule has 4 nitrogen and oxygen atoms in total. The molecule has 0 saturated carbocycles. The third-order valence-corrected chi connectivity index (χ3v) is 3.25. The van der Waals surface area contributed by atoms with Crippen molar-refractivity contribution in [2.75, 3.05) is 7.11 Å². The van der Waals surface area contributed by atoms with E-state index in [0.717, 1.165) is 22.5 Å². The SMILES string of the molecule is COC(=O)c1c[nH]c(/C(=C2/C=CC=N2)c2ccccc2)c1. The van der Waals surface area contributed by atoms with Crippen molar-refractivity contribution in [2.24, 2.45) is 4.99 Å². The van der Waals surface area contributed by atoms with Gasteiger partial charge in [-0.25, -0.2) is 4.79 Å². The number of allylic oxidation sites excluding steroid dienone is 2. The molecule has 0 amide bonds. The number of aromatic amines is 1. The van der Waals surface area contributed by atoms with E-state index in [9.17, 15) is 4.79 Å². The molecule has 0 aliphatic carbocycles. The van der Waals surface area contributed by atoms with E-state index in [1.165, 1.54) is 7.11 Å². The predicted octanol–water partition coefficient (Wildman–Crippen LogP) is 3.20. The number of nitrogens with zero attached hydrogens (tertiary/aromatic N) is 1. The smallest absolute Gasteiger partial charge is 0.339 e. The minimum atomic E-state index is -0.361. The van der Waals surface area contributed by atoms with Gasteiger partial charge < -0.3 is 9.72 Å². The number of ether oxygens (including phenoxy) is 1. The summed E-state index contributed by atoms with van der Waals surface area (Å²) >= 11 is 0. The summed E-state index contributed by atoms with van der Waals surface area (Å²) in [4.78, 5) is 19.1. The Bertz CT molecular complexity index is 738. The summed E-state index contributed by atoms with van der Waals surface area (Å²) in [5.74, 6) is -0.361. The van der Waals surface area contributed by atoms with E-state index in [-0.39, 0.29) is 5.97 Å². The summed E-state index contributed by atoms with van der Waals surface area (Å²) < 4.78 is 4.74. The van der Waals surface area contributed by atoms with E-state index < -0.39 is 0 Å². The number of carbonyl (C=O) groups is 1. The second kappa shape index (κ2) is 5.63. The fourth-order valence-electron chi connectivity index (χ4n) is 2.27. The van der Waals surface area contributed by atoms with Crippen LogP contribution in [0.1, 0.15) is 21.6 Å². The Morgan fingerprint density at radius 3 is 2.67 bits per heavy atom. The maximum absolute atomic E-state index is 11.6. The normalized spacial score (nSPS) is 15.3. The van der Waals surface area contributed by atoms with E-state index >= 15 is 0 Å². The van der Waals surface area contributed by atoms with Gasteiger partial charge in [-0.05, 0) is 23.8 Å². The molecule has 0 radical (unpaired) electrons. The topological polar surface area (TPSA) is 54.5 Å². The summed E-state index contributed by atoms with van der Waals surface area (Å²) in [6.07, 6.45) is 7.24. The van der Waals surface area contributed by atoms with E-state index in [4.69, 9.17) is 4.74 Å². The van der Waals surface area contributed by atoms with Crippen LogP contribution in [0.4, 0.5) is 0 Å². The highest BCUT2D eigenvalue weighted by molar-refractivity contribution is 5.93. The molecule has 1 aromatic carbocycles. The van der Waals surface area contributed by atoms with Gasteiger partial charge in [0.15, 0.2) is 0 Å². The van der Waals surface area contributed by atoms with E-state index in [2.05, 4.69) is 9.98 Å². The highest BCUT2D eigenvalue weighted by Crippen LogP contribution is 2.29. The van der Waals surface area contributed by atoms with Crippen molar-refractivity contribution in [1.82, 2.24) is 4.98 Å². The van der Waals surface area contributed by atoms with Crippen LogP contribution in [-0.2, 0) is 4.74 Å². The van der Waals surface area contributed by atoms with Gasteiger partial charge in [0.2, 0.25) is 0 Å². The van der Waals surface area contributed by atoms with Crippen LogP contribution in [0.5, 0.6) is 0 Å². The molecule has 1 aromatic heterocycles. The van der Waals surface area contributed by atoms with Gasteiger partial charge in [-0.2, -0.15) is 0 Å². The number of aliphatic imine (C=N–C) groups is 1. The number of esters is 1. The number of hydrogen-bond acceptors (Lipinski definition) is 3. The van der Waals surface area contributed by atoms with E-state index in [1.807, 2.05) is 42.5 Å². The van der Waals surface area contributed by atoms with Gasteiger partial charge in [-0.15, -0.1) is 0 Å². The van der Waals surface area contributed by atoms with Gasteiger partial charge in [0, 0.05) is 23.7 Å². The van der Waals surface area contributed by atoms with Crippen molar-refractivity contribution in [2.45, 2.75) is 0 Å². The largest absolute Gasteiger partial charge is 0.465 e. The number of methoxy groups -OCH3 is 1. The van der Waals surface area contributed by atoms with Gasteiger partial charge in [0.05, 0.1) is 18.4 Å². The van der Waals surface area contributed by atoms with Crippen LogP contribution in [0, 0.1) is 0 Å². The zero-order valence-corrected chi connectivity index (χ0v) is 11.5. The van der Waals surface area contributed by atoms with Crippen LogP contribution in [0.3, 0.4) is 0 Å². The highest BCUT2D eigenvalue weighted by Gasteiger charge is 2.15. The van der Waals surface area contributed by atoms with Gasteiger partial charge in [-0.3, -0.25) is 4.99 Å². The molecule has 0 atom stereocenters. The van der Waals surface area contributed by atoms with Crippen molar-refractivity contribution >= 4 is 17.8 Å². The summed E-state index contributed by atoms with van der Waals surface area (Å²) in [5, 5.41) is 0. The zero-order valence-electron chi connectivity index (χ0n) is 11.5. The molecule has 104 valence electrons. The molecule has 3 rings (SSSR count). The third kappa shape index (κ3) is 2.56. The van der Waals surface area contributed by atoms with Crippen LogP contribution in [0.25, 0.3) is 5.57 Å². The predicted molar refractivity (Wildman–Crippen MR) is 82.2 cm³/mol. The average molecular weight is 278 g/mol. The van der Waals surface area contributed by atoms with Crippen molar-refractivity contribution in [3.05, 3.63) is 77.3 Å². The molecule has 4 heteroatoms. The summed E-state index contributed by atoms with van der Waals surface area (Å²) in [6.45, 7) is 0. The molecule has 1 aliphatic heterocycles. The van der Waals surface area contributed by atoms with Gasteiger partial charge in [-0.1, -0.05) is 30.3 Å². The summed E-state index contributed by atoms with van der Waals surface area (Å²) in [6, 6.07) is 11.7. The first-order chi connectivity index (χ1) is 10.3. The minimum absolute atomic E-state index is 0.361. The lowest BCUT2D eigenvalue weighted by Crippen LogP contribution is -1.98. The molecule has 2 heterocycles. The first-order valence-corrected chi connectivity index (χ1v) is 6.57. The quantitative estimate of drug-likeness (QED) is 0.876. The lowest BCUT2D eigenvalue weighted by molar-refractivity contribution is 0.0601. The van der Waals surface area contributed by atoms with Gasteiger partial charge >= 0.3 is 5.97 Å². The average Bonchev–Trinajstić information content (AvgIpc) is 3.20. The first kappa shape index (κ1) is 13.1. The second-order valence-corrected chi connectivity index (χ2v) is 4.56. The second-order valence-electron chi connectivity index (χ2n) is 4.56. The Hall–Kier alpha value is -2.88. The van der Waals surface area contributed by atoms with Crippen molar-refractivity contribution in [3.8, 4) is 0 Å². The standard InChI is InChI=1S/C17H14N2O2/c1-21-17(20)13-10-15(19-11-13)16(14-8-5-9-18-14)12-6-3-2-4-7-12/h2-11,19H,1H3/b16-14-. The highest BCUT2D eigenvalue weighted by atomic mass is 16.5. The Morgan fingerprint density at radius 1 is 1.19 bits per heavy atom. The molecule has 0 bridgehead atoms. The number of hydrogen-bond donors (Lipinski definition) is 1. The fourth-order valence-corrected chi connectivity index (χ4v) is 2.27. The summed E-state index contributed by atoms with van der Waals surface area (Å²) in [5.41, 5.74) is 4.18. The molecule has 0 unspecified atom stereocenters. The Morgan fingerprint density at radius 2 is 2.00 bits per heavy atom. The molecule has 21 heavy (non-hydrogen) atoms. The molecule has 1 aliphatic rings. The monoisotopic (exact) mass is 278 g/mol. The number of rotatable bonds is 3. The molecule has 0 spiro atoms. The molecular formula is C17H14N2O2. The molecular weight excluding hydrogens is 264 g/mol. The fraction of sp³-hybridized carbons (Fsp3) is 0.0588. The van der Waals surface area contributed by atoms with E-state index in [0.29, 0.717) is 5.56 Å². The lowest BCUT2D eigenvalue weighted by Gasteiger charge is -2.07. The Kier molecular flexibility index (Phi) is 3.51. The lowest BCUT2D eigenvalue weighted by atomic mass is 10.0. The molecule has 2 aromatic rings. The van der Waals surface area contributed by atoms with Crippen LogP contribution >= 0.6 is 0 Å². The van der Waals surface area contributed by atoms with Crippen LogP contribution in [0.15, 0.2) is 65.4 Å². The molecule has 0 saturated heterocycles. The number of H-pyrrole nitrogens is 1. The third-order valence-electron chi connectivity index (χ3n) is 3.25. The molecule has 0 fully saturated rings. The zero-order chi connectivity index (χ0) is 14.7. The minimum Gasteiger partial charge on any atom is -0.465 e. The summed E-state index contributed by atoms with van der Waals surface area (Å²) in [7, 11) is 1.37. The number of benzene rings is 1. The molecule has 1 N–H and O–H groups in total. The van der Waals surface area contributed by atoms with Gasteiger partial charge in [0.25, 0.3) is 0 Å². The Balaban J connectivity index is 2.11. The van der Waals surface area contributed by atoms with E-state index in [1.54, 1.807) is 18.5 Å². The number of carbonyl (C=O) groups excluding carboxylic acids is 1. The van der Waals surface area contributed by atoms with Gasteiger partial charge in [0.1, 0.15) is 0 Å². The maximum Gasteiger partial charge on any atom is 0.339 e. The number of nitrogens with one attached hydrogen (secondary N) is 1. The van der Waals surface area contributed by atoms with Crippen molar-refractivity contribution in [1.29, 1.82) is 0 Å². The van der Waals surface area contributed by atoms with Crippen LogP contribution in [-0.4, -0.2) is 24.3 Å². The van der Waals surface area contributed by atoms with Crippen molar-refractivity contribution in [3.63, 3.8) is 0 Å². The maximum atomic E-state index is 11.6. The van der Waals surface area contributed by atoms with Crippen LogP contribution in [0.2, 0.25) is 0 Å². The number of aromatic nitrogens is 1. The Labute approximate surface area is 122 Å².